The van der Waals surface area contributed by atoms with Gasteiger partial charge in [-0.3, -0.25) is 4.79 Å². The summed E-state index contributed by atoms with van der Waals surface area (Å²) < 4.78 is 2.27. The number of carbonyl (C=O) groups excluding carboxylic acids is 1. The number of H-pyrrole nitrogens is 1. The molecule has 4 aromatic rings. The zero-order valence-corrected chi connectivity index (χ0v) is 18.3. The van der Waals surface area contributed by atoms with Crippen molar-refractivity contribution in [3.63, 3.8) is 0 Å². The number of benzene rings is 2. The highest BCUT2D eigenvalue weighted by atomic mass is 16.2. The maximum absolute atomic E-state index is 12.7. The molecule has 0 bridgehead atoms. The zero-order valence-electron chi connectivity index (χ0n) is 18.3. The molecule has 0 unspecified atom stereocenters. The molecule has 2 N–H and O–H groups in total. The van der Waals surface area contributed by atoms with E-state index in [0.717, 1.165) is 48.9 Å². The molecular weight excluding hydrogens is 396 g/mol. The maximum Gasteiger partial charge on any atom is 0.223 e. The number of amides is 1. The standard InChI is InChI=1S/C27H28N4O/c1-27(11-12-27)30-26(32)22-8-9-23(14-22)31-17-28-16-25(31)20-5-2-18(3-6-20)21-7-4-19-10-13-29-24(19)15-21/h2-7,10,13,15-17,22-23,29H,8-9,11-12,14H2,1H3,(H,30,32)/t22-,23+/m0/s1. The minimum atomic E-state index is 0.0580. The molecule has 5 nitrogen and oxygen atoms in total. The molecule has 2 aromatic heterocycles. The van der Waals surface area contributed by atoms with Crippen molar-refractivity contribution < 1.29 is 4.79 Å². The van der Waals surface area contributed by atoms with Crippen LogP contribution in [0.25, 0.3) is 33.3 Å². The molecule has 2 heterocycles. The molecule has 2 fully saturated rings. The molecule has 2 aliphatic carbocycles. The molecule has 5 heteroatoms. The summed E-state index contributed by atoms with van der Waals surface area (Å²) in [5.41, 5.74) is 5.89. The number of imidazole rings is 1. The van der Waals surface area contributed by atoms with E-state index in [0.29, 0.717) is 6.04 Å². The molecule has 0 spiro atoms. The lowest BCUT2D eigenvalue weighted by molar-refractivity contribution is -0.125. The van der Waals surface area contributed by atoms with Gasteiger partial charge in [-0.05, 0) is 73.2 Å². The predicted molar refractivity (Wildman–Crippen MR) is 127 cm³/mol. The normalized spacial score (nSPS) is 21.7. The number of hydrogen-bond acceptors (Lipinski definition) is 2. The first-order valence-electron chi connectivity index (χ1n) is 11.6. The second kappa shape index (κ2) is 7.37. The summed E-state index contributed by atoms with van der Waals surface area (Å²) in [6.45, 7) is 2.14. The van der Waals surface area contributed by atoms with E-state index in [-0.39, 0.29) is 17.4 Å². The Morgan fingerprint density at radius 3 is 2.66 bits per heavy atom. The van der Waals surface area contributed by atoms with Crippen molar-refractivity contribution in [2.75, 3.05) is 0 Å². The first kappa shape index (κ1) is 19.4. The van der Waals surface area contributed by atoms with E-state index < -0.39 is 0 Å². The van der Waals surface area contributed by atoms with Gasteiger partial charge in [0.2, 0.25) is 5.91 Å². The molecular formula is C27H28N4O. The number of hydrogen-bond donors (Lipinski definition) is 2. The molecule has 0 saturated heterocycles. The van der Waals surface area contributed by atoms with Gasteiger partial charge < -0.3 is 14.9 Å². The van der Waals surface area contributed by atoms with Gasteiger partial charge in [0.15, 0.2) is 0 Å². The molecule has 162 valence electrons. The van der Waals surface area contributed by atoms with Gasteiger partial charge >= 0.3 is 0 Å². The van der Waals surface area contributed by atoms with Gasteiger partial charge in [-0.15, -0.1) is 0 Å². The monoisotopic (exact) mass is 424 g/mol. The van der Waals surface area contributed by atoms with Gasteiger partial charge in [-0.1, -0.05) is 36.4 Å². The first-order valence-corrected chi connectivity index (χ1v) is 11.6. The number of fused-ring (bicyclic) bond motifs is 1. The molecule has 2 saturated carbocycles. The Kier molecular flexibility index (Phi) is 4.46. The van der Waals surface area contributed by atoms with Crippen LogP contribution >= 0.6 is 0 Å². The Morgan fingerprint density at radius 1 is 1.06 bits per heavy atom. The van der Waals surface area contributed by atoms with Crippen LogP contribution in [-0.4, -0.2) is 26.0 Å². The van der Waals surface area contributed by atoms with Gasteiger partial charge in [0.1, 0.15) is 0 Å². The van der Waals surface area contributed by atoms with E-state index in [1.807, 2.05) is 18.7 Å². The summed E-state index contributed by atoms with van der Waals surface area (Å²) in [5, 5.41) is 4.48. The number of rotatable bonds is 5. The third-order valence-corrected chi connectivity index (χ3v) is 7.33. The van der Waals surface area contributed by atoms with Crippen LogP contribution in [0.2, 0.25) is 0 Å². The average molecular weight is 425 g/mol. The minimum absolute atomic E-state index is 0.0580. The average Bonchev–Trinajstić information content (AvgIpc) is 3.28. The van der Waals surface area contributed by atoms with E-state index in [9.17, 15) is 4.79 Å². The third kappa shape index (κ3) is 3.52. The Bertz CT molecular complexity index is 1280. The summed E-state index contributed by atoms with van der Waals surface area (Å²) in [6, 6.07) is 17.6. The van der Waals surface area contributed by atoms with E-state index in [1.165, 1.54) is 16.5 Å². The fourth-order valence-electron chi connectivity index (χ4n) is 5.04. The molecule has 2 atom stereocenters. The molecule has 2 aromatic carbocycles. The second-order valence-electron chi connectivity index (χ2n) is 9.76. The summed E-state index contributed by atoms with van der Waals surface area (Å²) >= 11 is 0. The van der Waals surface area contributed by atoms with Gasteiger partial charge in [-0.25, -0.2) is 4.98 Å². The molecule has 6 rings (SSSR count). The largest absolute Gasteiger partial charge is 0.361 e. The summed E-state index contributed by atoms with van der Waals surface area (Å²) in [5.74, 6) is 0.343. The van der Waals surface area contributed by atoms with Crippen LogP contribution in [0.3, 0.4) is 0 Å². The Morgan fingerprint density at radius 2 is 1.84 bits per heavy atom. The fourth-order valence-corrected chi connectivity index (χ4v) is 5.04. The van der Waals surface area contributed by atoms with E-state index in [4.69, 9.17) is 0 Å². The smallest absolute Gasteiger partial charge is 0.223 e. The topological polar surface area (TPSA) is 62.7 Å². The van der Waals surface area contributed by atoms with E-state index in [2.05, 4.69) is 75.3 Å². The molecule has 0 radical (unpaired) electrons. The highest BCUT2D eigenvalue weighted by Crippen LogP contribution is 2.40. The number of nitrogens with one attached hydrogen (secondary N) is 2. The summed E-state index contributed by atoms with van der Waals surface area (Å²) in [7, 11) is 0. The predicted octanol–water partition coefficient (Wildman–Crippen LogP) is 5.71. The van der Waals surface area contributed by atoms with Crippen molar-refractivity contribution in [1.82, 2.24) is 19.9 Å². The number of nitrogens with zero attached hydrogens (tertiary/aromatic N) is 2. The Hall–Kier alpha value is -3.34. The van der Waals surface area contributed by atoms with Crippen LogP contribution < -0.4 is 5.32 Å². The zero-order chi connectivity index (χ0) is 21.7. The minimum Gasteiger partial charge on any atom is -0.361 e. The second-order valence-corrected chi connectivity index (χ2v) is 9.76. The highest BCUT2D eigenvalue weighted by molar-refractivity contribution is 5.85. The molecule has 0 aliphatic heterocycles. The summed E-state index contributed by atoms with van der Waals surface area (Å²) in [4.78, 5) is 20.4. The number of aromatic nitrogens is 3. The van der Waals surface area contributed by atoms with Gasteiger partial charge in [0.05, 0.1) is 18.2 Å². The molecule has 32 heavy (non-hydrogen) atoms. The van der Waals surface area contributed by atoms with Gasteiger partial charge in [0, 0.05) is 29.2 Å². The van der Waals surface area contributed by atoms with Crippen LogP contribution in [0.15, 0.2) is 67.3 Å². The molecule has 2 aliphatic rings. The number of aromatic amines is 1. The Labute approximate surface area is 187 Å². The van der Waals surface area contributed by atoms with Gasteiger partial charge in [0.25, 0.3) is 0 Å². The first-order chi connectivity index (χ1) is 15.6. The van der Waals surface area contributed by atoms with Crippen LogP contribution in [0.1, 0.15) is 45.1 Å². The lowest BCUT2D eigenvalue weighted by Gasteiger charge is -2.18. The quantitative estimate of drug-likeness (QED) is 0.431. The van der Waals surface area contributed by atoms with E-state index >= 15 is 0 Å². The van der Waals surface area contributed by atoms with Crippen molar-refractivity contribution in [1.29, 1.82) is 0 Å². The lowest BCUT2D eigenvalue weighted by Crippen LogP contribution is -2.38. The van der Waals surface area contributed by atoms with Crippen molar-refractivity contribution in [3.05, 3.63) is 67.3 Å². The lowest BCUT2D eigenvalue weighted by atomic mass is 10.0. The van der Waals surface area contributed by atoms with Crippen LogP contribution in [0.4, 0.5) is 0 Å². The van der Waals surface area contributed by atoms with Crippen LogP contribution in [0.5, 0.6) is 0 Å². The number of carbonyl (C=O) groups is 1. The molecule has 1 amide bonds. The van der Waals surface area contributed by atoms with Crippen molar-refractivity contribution >= 4 is 16.8 Å². The van der Waals surface area contributed by atoms with Crippen molar-refractivity contribution in [2.24, 2.45) is 5.92 Å². The SMILES string of the molecule is CC1(NC(=O)[C@H]2CC[C@@H](n3cncc3-c3ccc(-c4ccc5cc[nH]c5c4)cc3)C2)CC1. The highest BCUT2D eigenvalue weighted by Gasteiger charge is 2.41. The van der Waals surface area contributed by atoms with E-state index in [1.54, 1.807) is 0 Å². The van der Waals surface area contributed by atoms with Crippen LogP contribution in [0, 0.1) is 5.92 Å². The summed E-state index contributed by atoms with van der Waals surface area (Å²) in [6.07, 6.45) is 10.9. The fraction of sp³-hybridized carbons (Fsp3) is 0.333. The van der Waals surface area contributed by atoms with Crippen molar-refractivity contribution in [3.8, 4) is 22.4 Å². The van der Waals surface area contributed by atoms with Crippen molar-refractivity contribution in [2.45, 2.75) is 50.6 Å². The van der Waals surface area contributed by atoms with Gasteiger partial charge in [-0.2, -0.15) is 0 Å². The van der Waals surface area contributed by atoms with Crippen LogP contribution in [-0.2, 0) is 4.79 Å². The maximum atomic E-state index is 12.7. The third-order valence-electron chi connectivity index (χ3n) is 7.33. The Balaban J connectivity index is 1.20.